The Morgan fingerprint density at radius 2 is 2.21 bits per heavy atom. The Kier molecular flexibility index (Phi) is 4.47. The predicted molar refractivity (Wildman–Crippen MR) is 58.6 cm³/mol. The SMILES string of the molecule is C[C@@H](CCNC=O)c1ccccc1Cl. The van der Waals surface area contributed by atoms with Crippen LogP contribution in [0.15, 0.2) is 24.3 Å². The van der Waals surface area contributed by atoms with Gasteiger partial charge in [-0.2, -0.15) is 0 Å². The number of rotatable bonds is 5. The van der Waals surface area contributed by atoms with Crippen molar-refractivity contribution in [2.24, 2.45) is 0 Å². The molecule has 2 nitrogen and oxygen atoms in total. The van der Waals surface area contributed by atoms with Gasteiger partial charge in [-0.25, -0.2) is 0 Å². The second-order valence-corrected chi connectivity index (χ2v) is 3.69. The van der Waals surface area contributed by atoms with E-state index < -0.39 is 0 Å². The molecule has 0 heterocycles. The summed E-state index contributed by atoms with van der Waals surface area (Å²) >= 11 is 6.04. The molecular formula is C11H14ClNO. The first kappa shape index (κ1) is 11.1. The molecule has 0 bridgehead atoms. The molecule has 1 aromatic carbocycles. The molecule has 0 aliphatic rings. The Labute approximate surface area is 89.3 Å². The monoisotopic (exact) mass is 211 g/mol. The van der Waals surface area contributed by atoms with Crippen molar-refractivity contribution in [2.45, 2.75) is 19.3 Å². The summed E-state index contributed by atoms with van der Waals surface area (Å²) in [5.74, 6) is 0.371. The Hall–Kier alpha value is -1.02. The van der Waals surface area contributed by atoms with E-state index in [1.807, 2.05) is 24.3 Å². The van der Waals surface area contributed by atoms with Gasteiger partial charge in [0.2, 0.25) is 6.41 Å². The van der Waals surface area contributed by atoms with Crippen molar-refractivity contribution in [1.82, 2.24) is 5.32 Å². The fraction of sp³-hybridized carbons (Fsp3) is 0.364. The molecule has 0 saturated carbocycles. The van der Waals surface area contributed by atoms with Gasteiger partial charge in [-0.3, -0.25) is 4.79 Å². The van der Waals surface area contributed by atoms with Crippen molar-refractivity contribution >= 4 is 18.0 Å². The minimum absolute atomic E-state index is 0.371. The fourth-order valence-electron chi connectivity index (χ4n) is 1.39. The van der Waals surface area contributed by atoms with Crippen molar-refractivity contribution in [1.29, 1.82) is 0 Å². The van der Waals surface area contributed by atoms with Crippen molar-refractivity contribution < 1.29 is 4.79 Å². The van der Waals surface area contributed by atoms with Crippen LogP contribution in [0.1, 0.15) is 24.8 Å². The molecule has 0 unspecified atom stereocenters. The largest absolute Gasteiger partial charge is 0.359 e. The van der Waals surface area contributed by atoms with Crippen molar-refractivity contribution in [3.63, 3.8) is 0 Å². The maximum atomic E-state index is 10.1. The molecule has 1 amide bonds. The molecule has 0 aliphatic heterocycles. The van der Waals surface area contributed by atoms with Gasteiger partial charge in [0.1, 0.15) is 0 Å². The van der Waals surface area contributed by atoms with E-state index in [1.165, 1.54) is 0 Å². The summed E-state index contributed by atoms with van der Waals surface area (Å²) in [5, 5.41) is 3.44. The van der Waals surface area contributed by atoms with Crippen LogP contribution in [-0.4, -0.2) is 13.0 Å². The fourth-order valence-corrected chi connectivity index (χ4v) is 1.71. The molecule has 1 atom stereocenters. The summed E-state index contributed by atoms with van der Waals surface area (Å²) in [7, 11) is 0. The van der Waals surface area contributed by atoms with Gasteiger partial charge in [-0.1, -0.05) is 36.7 Å². The van der Waals surface area contributed by atoms with Crippen LogP contribution in [-0.2, 0) is 4.79 Å². The van der Waals surface area contributed by atoms with Crippen LogP contribution in [0.5, 0.6) is 0 Å². The summed E-state index contributed by atoms with van der Waals surface area (Å²) < 4.78 is 0. The third-order valence-corrected chi connectivity index (χ3v) is 2.59. The van der Waals surface area contributed by atoms with E-state index in [0.717, 1.165) is 23.4 Å². The van der Waals surface area contributed by atoms with Gasteiger partial charge in [-0.15, -0.1) is 0 Å². The second-order valence-electron chi connectivity index (χ2n) is 3.28. The zero-order chi connectivity index (χ0) is 10.4. The first-order chi connectivity index (χ1) is 6.75. The van der Waals surface area contributed by atoms with Gasteiger partial charge in [0.25, 0.3) is 0 Å². The lowest BCUT2D eigenvalue weighted by Gasteiger charge is -2.12. The third kappa shape index (κ3) is 3.04. The molecule has 0 spiro atoms. The third-order valence-electron chi connectivity index (χ3n) is 2.24. The lowest BCUT2D eigenvalue weighted by atomic mass is 9.98. The van der Waals surface area contributed by atoms with Crippen molar-refractivity contribution in [3.05, 3.63) is 34.9 Å². The van der Waals surface area contributed by atoms with Gasteiger partial charge in [0, 0.05) is 11.6 Å². The van der Waals surface area contributed by atoms with E-state index in [9.17, 15) is 4.79 Å². The first-order valence-corrected chi connectivity index (χ1v) is 5.05. The lowest BCUT2D eigenvalue weighted by Crippen LogP contribution is -2.14. The highest BCUT2D eigenvalue weighted by Gasteiger charge is 2.07. The summed E-state index contributed by atoms with van der Waals surface area (Å²) in [5.41, 5.74) is 1.14. The van der Waals surface area contributed by atoms with Crippen LogP contribution < -0.4 is 5.32 Å². The first-order valence-electron chi connectivity index (χ1n) is 4.67. The number of halogens is 1. The van der Waals surface area contributed by atoms with Gasteiger partial charge < -0.3 is 5.32 Å². The van der Waals surface area contributed by atoms with Gasteiger partial charge in [0.05, 0.1) is 0 Å². The maximum Gasteiger partial charge on any atom is 0.207 e. The van der Waals surface area contributed by atoms with Gasteiger partial charge in [0.15, 0.2) is 0 Å². The highest BCUT2D eigenvalue weighted by molar-refractivity contribution is 6.31. The normalized spacial score (nSPS) is 12.1. The highest BCUT2D eigenvalue weighted by Crippen LogP contribution is 2.25. The van der Waals surface area contributed by atoms with Crippen LogP contribution in [0, 0.1) is 0 Å². The standard InChI is InChI=1S/C11H14ClNO/c1-9(6-7-13-8-14)10-4-2-3-5-11(10)12/h2-5,8-9H,6-7H2,1H3,(H,13,14)/t9-/m0/s1. The topological polar surface area (TPSA) is 29.1 Å². The smallest absolute Gasteiger partial charge is 0.207 e. The quantitative estimate of drug-likeness (QED) is 0.589. The Bertz CT molecular complexity index is 301. The molecule has 1 rings (SSSR count). The van der Waals surface area contributed by atoms with Crippen LogP contribution in [0.3, 0.4) is 0 Å². The van der Waals surface area contributed by atoms with E-state index in [1.54, 1.807) is 0 Å². The molecule has 1 aromatic rings. The van der Waals surface area contributed by atoms with E-state index in [-0.39, 0.29) is 0 Å². The molecule has 14 heavy (non-hydrogen) atoms. The molecular weight excluding hydrogens is 198 g/mol. The van der Waals surface area contributed by atoms with Crippen LogP contribution in [0.4, 0.5) is 0 Å². The Morgan fingerprint density at radius 1 is 1.50 bits per heavy atom. The minimum Gasteiger partial charge on any atom is -0.359 e. The van der Waals surface area contributed by atoms with Crippen molar-refractivity contribution in [2.75, 3.05) is 6.54 Å². The predicted octanol–water partition coefficient (Wildman–Crippen LogP) is 2.58. The Morgan fingerprint density at radius 3 is 2.86 bits per heavy atom. The highest BCUT2D eigenvalue weighted by atomic mass is 35.5. The van der Waals surface area contributed by atoms with Crippen LogP contribution in [0.2, 0.25) is 5.02 Å². The molecule has 1 N–H and O–H groups in total. The molecule has 0 aromatic heterocycles. The number of amides is 1. The van der Waals surface area contributed by atoms with Crippen molar-refractivity contribution in [3.8, 4) is 0 Å². The molecule has 0 aliphatic carbocycles. The zero-order valence-corrected chi connectivity index (χ0v) is 8.92. The van der Waals surface area contributed by atoms with E-state index in [2.05, 4.69) is 12.2 Å². The minimum atomic E-state index is 0.371. The number of benzene rings is 1. The zero-order valence-electron chi connectivity index (χ0n) is 8.16. The maximum absolute atomic E-state index is 10.1. The average Bonchev–Trinajstić information content (AvgIpc) is 2.18. The molecule has 0 saturated heterocycles. The van der Waals surface area contributed by atoms with Gasteiger partial charge in [-0.05, 0) is 24.0 Å². The number of carbonyl (C=O) groups is 1. The summed E-state index contributed by atoms with van der Waals surface area (Å²) in [6, 6.07) is 7.81. The van der Waals surface area contributed by atoms with Crippen LogP contribution >= 0.6 is 11.6 Å². The summed E-state index contributed by atoms with van der Waals surface area (Å²) in [6.45, 7) is 2.80. The summed E-state index contributed by atoms with van der Waals surface area (Å²) in [6.07, 6.45) is 1.63. The number of carbonyl (C=O) groups excluding carboxylic acids is 1. The van der Waals surface area contributed by atoms with Gasteiger partial charge >= 0.3 is 0 Å². The summed E-state index contributed by atoms with van der Waals surface area (Å²) in [4.78, 5) is 10.1. The molecule has 0 fully saturated rings. The molecule has 76 valence electrons. The van der Waals surface area contributed by atoms with E-state index in [4.69, 9.17) is 11.6 Å². The van der Waals surface area contributed by atoms with E-state index >= 15 is 0 Å². The molecule has 3 heteroatoms. The molecule has 0 radical (unpaired) electrons. The number of nitrogens with one attached hydrogen (secondary N) is 1. The lowest BCUT2D eigenvalue weighted by molar-refractivity contribution is -0.109. The van der Waals surface area contributed by atoms with E-state index in [0.29, 0.717) is 12.5 Å². The second kappa shape index (κ2) is 5.66. The Balaban J connectivity index is 2.55. The number of hydrogen-bond donors (Lipinski definition) is 1. The number of hydrogen-bond acceptors (Lipinski definition) is 1. The van der Waals surface area contributed by atoms with Crippen LogP contribution in [0.25, 0.3) is 0 Å². The average molecular weight is 212 g/mol.